The highest BCUT2D eigenvalue weighted by Crippen LogP contribution is 2.26. The van der Waals surface area contributed by atoms with Crippen molar-refractivity contribution in [2.45, 2.75) is 26.9 Å². The van der Waals surface area contributed by atoms with Gasteiger partial charge in [0, 0.05) is 39.3 Å². The van der Waals surface area contributed by atoms with Crippen LogP contribution in [0.1, 0.15) is 20.8 Å². The van der Waals surface area contributed by atoms with Gasteiger partial charge < -0.3 is 30.3 Å². The van der Waals surface area contributed by atoms with Gasteiger partial charge in [0.15, 0.2) is 0 Å². The summed E-state index contributed by atoms with van der Waals surface area (Å²) >= 11 is 0. The Labute approximate surface area is 162 Å². The van der Waals surface area contributed by atoms with Crippen molar-refractivity contribution in [3.8, 4) is 0 Å². The van der Waals surface area contributed by atoms with Crippen molar-refractivity contribution < 1.29 is 14.6 Å². The number of rotatable bonds is 9. The van der Waals surface area contributed by atoms with E-state index in [9.17, 15) is 9.90 Å². The molecule has 3 N–H and O–H groups in total. The molecule has 1 atom stereocenters. The van der Waals surface area contributed by atoms with Gasteiger partial charge in [-0.1, -0.05) is 32.9 Å². The molecule has 27 heavy (non-hydrogen) atoms. The highest BCUT2D eigenvalue weighted by molar-refractivity contribution is 5.93. The maximum absolute atomic E-state index is 12.2. The van der Waals surface area contributed by atoms with Gasteiger partial charge in [-0.2, -0.15) is 0 Å². The maximum atomic E-state index is 12.2. The molecule has 1 saturated heterocycles. The predicted molar refractivity (Wildman–Crippen MR) is 109 cm³/mol. The number of nitrogens with one attached hydrogen (secondary N) is 2. The van der Waals surface area contributed by atoms with Crippen LogP contribution in [0.2, 0.25) is 0 Å². The van der Waals surface area contributed by atoms with Crippen LogP contribution in [-0.4, -0.2) is 74.6 Å². The van der Waals surface area contributed by atoms with Crippen molar-refractivity contribution >= 4 is 17.4 Å². The molecule has 0 radical (unpaired) electrons. The molecule has 1 heterocycles. The van der Waals surface area contributed by atoms with Gasteiger partial charge in [0.25, 0.3) is 0 Å². The van der Waals surface area contributed by atoms with Crippen LogP contribution >= 0.6 is 0 Å². The molecule has 0 aliphatic carbocycles. The van der Waals surface area contributed by atoms with E-state index in [0.29, 0.717) is 12.5 Å². The van der Waals surface area contributed by atoms with E-state index in [1.54, 1.807) is 0 Å². The van der Waals surface area contributed by atoms with E-state index in [2.05, 4.69) is 41.2 Å². The smallest absolute Gasteiger partial charge is 0.319 e. The maximum Gasteiger partial charge on any atom is 0.319 e. The number of piperazine rings is 1. The molecule has 0 aromatic heterocycles. The lowest BCUT2D eigenvalue weighted by molar-refractivity contribution is 0.0274. The van der Waals surface area contributed by atoms with E-state index in [1.165, 1.54) is 0 Å². The number of ether oxygens (including phenoxy) is 1. The SMILES string of the molecule is CCN1CCN(c2ccccc2NC(=O)NCC(O)COCC(C)C)CC1. The van der Waals surface area contributed by atoms with Gasteiger partial charge in [-0.25, -0.2) is 4.79 Å². The first-order valence-electron chi connectivity index (χ1n) is 9.86. The van der Waals surface area contributed by atoms with Crippen LogP contribution in [0.5, 0.6) is 0 Å². The number of amides is 2. The van der Waals surface area contributed by atoms with Crippen molar-refractivity contribution in [1.82, 2.24) is 10.2 Å². The zero-order valence-corrected chi connectivity index (χ0v) is 16.8. The Hall–Kier alpha value is -1.83. The minimum Gasteiger partial charge on any atom is -0.389 e. The molecule has 2 rings (SSSR count). The molecule has 1 aliphatic rings. The zero-order valence-electron chi connectivity index (χ0n) is 16.8. The number of carbonyl (C=O) groups excluding carboxylic acids is 1. The molecule has 1 aromatic carbocycles. The van der Waals surface area contributed by atoms with E-state index in [1.807, 2.05) is 24.3 Å². The fourth-order valence-corrected chi connectivity index (χ4v) is 3.04. The van der Waals surface area contributed by atoms with Crippen molar-refractivity contribution in [3.05, 3.63) is 24.3 Å². The van der Waals surface area contributed by atoms with E-state index in [-0.39, 0.29) is 19.2 Å². The summed E-state index contributed by atoms with van der Waals surface area (Å²) in [5.41, 5.74) is 1.81. The van der Waals surface area contributed by atoms with Gasteiger partial charge in [0.2, 0.25) is 0 Å². The lowest BCUT2D eigenvalue weighted by Crippen LogP contribution is -2.46. The Morgan fingerprint density at radius 1 is 1.19 bits per heavy atom. The molecule has 0 spiro atoms. The lowest BCUT2D eigenvalue weighted by atomic mass is 10.2. The Morgan fingerprint density at radius 2 is 1.89 bits per heavy atom. The highest BCUT2D eigenvalue weighted by Gasteiger charge is 2.19. The summed E-state index contributed by atoms with van der Waals surface area (Å²) in [4.78, 5) is 17.0. The second-order valence-corrected chi connectivity index (χ2v) is 7.36. The fraction of sp³-hybridized carbons (Fsp3) is 0.650. The Bertz CT molecular complexity index is 574. The number of para-hydroxylation sites is 2. The fourth-order valence-electron chi connectivity index (χ4n) is 3.04. The molecule has 7 nitrogen and oxygen atoms in total. The summed E-state index contributed by atoms with van der Waals surface area (Å²) in [7, 11) is 0. The van der Waals surface area contributed by atoms with Gasteiger partial charge in [0.1, 0.15) is 0 Å². The molecule has 1 aromatic rings. The number of hydrogen-bond donors (Lipinski definition) is 3. The number of benzene rings is 1. The van der Waals surface area contributed by atoms with Crippen molar-refractivity contribution in [2.24, 2.45) is 5.92 Å². The summed E-state index contributed by atoms with van der Waals surface area (Å²) in [6.45, 7) is 12.3. The third-order valence-corrected chi connectivity index (χ3v) is 4.57. The van der Waals surface area contributed by atoms with E-state index < -0.39 is 6.10 Å². The first-order chi connectivity index (χ1) is 13.0. The summed E-state index contributed by atoms with van der Waals surface area (Å²) in [6.07, 6.45) is -0.716. The Kier molecular flexibility index (Phi) is 8.84. The number of hydrogen-bond acceptors (Lipinski definition) is 5. The standard InChI is InChI=1S/C20H34N4O3/c1-4-23-9-11-24(12-10-23)19-8-6-5-7-18(19)22-20(26)21-13-17(25)15-27-14-16(2)3/h5-8,16-17,25H,4,9-15H2,1-3H3,(H2,21,22,26). The van der Waals surface area contributed by atoms with Gasteiger partial charge >= 0.3 is 6.03 Å². The number of anilines is 2. The van der Waals surface area contributed by atoms with Crippen LogP contribution in [-0.2, 0) is 4.74 Å². The average molecular weight is 379 g/mol. The number of likely N-dealkylation sites (N-methyl/N-ethyl adjacent to an activating group) is 1. The number of urea groups is 1. The van der Waals surface area contributed by atoms with E-state index in [0.717, 1.165) is 44.1 Å². The minimum atomic E-state index is -0.716. The van der Waals surface area contributed by atoms with Crippen molar-refractivity contribution in [1.29, 1.82) is 0 Å². The average Bonchev–Trinajstić information content (AvgIpc) is 2.67. The molecular weight excluding hydrogens is 344 g/mol. The van der Waals surface area contributed by atoms with Gasteiger partial charge in [-0.3, -0.25) is 0 Å². The molecule has 1 unspecified atom stereocenters. The van der Waals surface area contributed by atoms with E-state index in [4.69, 9.17) is 4.74 Å². The quantitative estimate of drug-likeness (QED) is 0.613. The van der Waals surface area contributed by atoms with Gasteiger partial charge in [-0.15, -0.1) is 0 Å². The summed E-state index contributed by atoms with van der Waals surface area (Å²) < 4.78 is 5.39. The molecule has 0 bridgehead atoms. The summed E-state index contributed by atoms with van der Waals surface area (Å²) in [5, 5.41) is 15.5. The first kappa shape index (κ1) is 21.5. The lowest BCUT2D eigenvalue weighted by Gasteiger charge is -2.36. The number of carbonyl (C=O) groups is 1. The monoisotopic (exact) mass is 378 g/mol. The Morgan fingerprint density at radius 3 is 2.56 bits per heavy atom. The van der Waals surface area contributed by atoms with Gasteiger partial charge in [0.05, 0.1) is 24.1 Å². The molecule has 1 fully saturated rings. The normalized spacial score (nSPS) is 16.4. The summed E-state index contributed by atoms with van der Waals surface area (Å²) in [6, 6.07) is 7.52. The molecule has 152 valence electrons. The molecular formula is C20H34N4O3. The van der Waals surface area contributed by atoms with E-state index >= 15 is 0 Å². The second-order valence-electron chi connectivity index (χ2n) is 7.36. The number of aliphatic hydroxyl groups excluding tert-OH is 1. The topological polar surface area (TPSA) is 77.1 Å². The Balaban J connectivity index is 1.82. The van der Waals surface area contributed by atoms with Crippen LogP contribution < -0.4 is 15.5 Å². The second kappa shape index (κ2) is 11.1. The van der Waals surface area contributed by atoms with Crippen LogP contribution in [0.15, 0.2) is 24.3 Å². The van der Waals surface area contributed by atoms with Crippen molar-refractivity contribution in [2.75, 3.05) is 62.7 Å². The predicted octanol–water partition coefficient (Wildman–Crippen LogP) is 1.98. The van der Waals surface area contributed by atoms with Crippen LogP contribution in [0.4, 0.5) is 16.2 Å². The highest BCUT2D eigenvalue weighted by atomic mass is 16.5. The third-order valence-electron chi connectivity index (χ3n) is 4.57. The van der Waals surface area contributed by atoms with Gasteiger partial charge in [-0.05, 0) is 24.6 Å². The number of nitrogens with zero attached hydrogens (tertiary/aromatic N) is 2. The third kappa shape index (κ3) is 7.36. The summed E-state index contributed by atoms with van der Waals surface area (Å²) in [5.74, 6) is 0.421. The van der Waals surface area contributed by atoms with Crippen molar-refractivity contribution in [3.63, 3.8) is 0 Å². The zero-order chi connectivity index (χ0) is 19.6. The van der Waals surface area contributed by atoms with Crippen LogP contribution in [0.25, 0.3) is 0 Å². The number of aliphatic hydroxyl groups is 1. The molecule has 2 amide bonds. The minimum absolute atomic E-state index is 0.154. The molecule has 0 saturated carbocycles. The molecule has 1 aliphatic heterocycles. The largest absolute Gasteiger partial charge is 0.389 e. The van der Waals surface area contributed by atoms with Crippen LogP contribution in [0.3, 0.4) is 0 Å². The van der Waals surface area contributed by atoms with Crippen LogP contribution in [0, 0.1) is 5.92 Å². The molecule has 7 heteroatoms. The first-order valence-corrected chi connectivity index (χ1v) is 9.86.